The van der Waals surface area contributed by atoms with Gasteiger partial charge in [0.05, 0.1) is 0 Å². The number of nitrogens with zero attached hydrogens (tertiary/aromatic N) is 2. The third-order valence-electron chi connectivity index (χ3n) is 3.95. The predicted octanol–water partition coefficient (Wildman–Crippen LogP) is 3.41. The van der Waals surface area contributed by atoms with Crippen LogP contribution in [0.5, 0.6) is 0 Å². The van der Waals surface area contributed by atoms with Gasteiger partial charge in [-0.15, -0.1) is 11.3 Å². The maximum Gasteiger partial charge on any atom is 0.410 e. The number of rotatable bonds is 4. The summed E-state index contributed by atoms with van der Waals surface area (Å²) in [6.45, 7) is 6.55. The van der Waals surface area contributed by atoms with E-state index in [0.29, 0.717) is 6.04 Å². The fourth-order valence-corrected chi connectivity index (χ4v) is 3.29. The Hall–Kier alpha value is -1.14. The second-order valence-corrected chi connectivity index (χ2v) is 7.88. The lowest BCUT2D eigenvalue weighted by molar-refractivity contribution is 0.0179. The first-order chi connectivity index (χ1) is 10.3. The third-order valence-corrected chi connectivity index (χ3v) is 4.73. The Labute approximate surface area is 137 Å². The zero-order chi connectivity index (χ0) is 16.2. The van der Waals surface area contributed by atoms with Gasteiger partial charge in [0.2, 0.25) is 0 Å². The molecule has 0 bridgehead atoms. The second-order valence-electron chi connectivity index (χ2n) is 6.90. The molecule has 0 atom stereocenters. The highest BCUT2D eigenvalue weighted by molar-refractivity contribution is 7.09. The van der Waals surface area contributed by atoms with Crippen molar-refractivity contribution in [2.45, 2.75) is 70.7 Å². The van der Waals surface area contributed by atoms with Crippen molar-refractivity contribution in [1.82, 2.24) is 15.2 Å². The highest BCUT2D eigenvalue weighted by Gasteiger charge is 2.29. The van der Waals surface area contributed by atoms with Crippen molar-refractivity contribution >= 4 is 17.4 Å². The summed E-state index contributed by atoms with van der Waals surface area (Å²) in [5.41, 5.74) is -0.433. The normalized spacial score (nSPS) is 22.4. The average Bonchev–Trinajstić information content (AvgIpc) is 2.96. The van der Waals surface area contributed by atoms with E-state index in [-0.39, 0.29) is 12.1 Å². The molecule has 2 rings (SSSR count). The lowest BCUT2D eigenvalue weighted by Crippen LogP contribution is -2.44. The van der Waals surface area contributed by atoms with E-state index in [0.717, 1.165) is 37.2 Å². The summed E-state index contributed by atoms with van der Waals surface area (Å²) in [5, 5.41) is 6.70. The van der Waals surface area contributed by atoms with Crippen molar-refractivity contribution < 1.29 is 9.53 Å². The van der Waals surface area contributed by atoms with Gasteiger partial charge in [-0.25, -0.2) is 9.78 Å². The van der Waals surface area contributed by atoms with Crippen LogP contribution >= 0.6 is 11.3 Å². The summed E-state index contributed by atoms with van der Waals surface area (Å²) in [4.78, 5) is 18.2. The molecule has 0 unspecified atom stereocenters. The minimum atomic E-state index is -0.433. The molecule has 6 heteroatoms. The highest BCUT2D eigenvalue weighted by atomic mass is 32.1. The number of nitrogens with one attached hydrogen (secondary N) is 1. The number of ether oxygens (including phenoxy) is 1. The Bertz CT molecular complexity index is 462. The molecule has 0 radical (unpaired) electrons. The molecule has 1 saturated carbocycles. The molecular weight excluding hydrogens is 298 g/mol. The summed E-state index contributed by atoms with van der Waals surface area (Å²) in [5.74, 6) is 0. The molecule has 0 aromatic carbocycles. The van der Waals surface area contributed by atoms with Gasteiger partial charge >= 0.3 is 6.09 Å². The molecule has 5 nitrogen and oxygen atoms in total. The summed E-state index contributed by atoms with van der Waals surface area (Å²) in [7, 11) is 1.85. The molecule has 1 aromatic heterocycles. The zero-order valence-corrected chi connectivity index (χ0v) is 14.8. The van der Waals surface area contributed by atoms with Crippen molar-refractivity contribution in [3.63, 3.8) is 0 Å². The van der Waals surface area contributed by atoms with Gasteiger partial charge in [-0.2, -0.15) is 0 Å². The number of carbonyl (C=O) groups excluding carboxylic acids is 1. The second kappa shape index (κ2) is 7.42. The Morgan fingerprint density at radius 1 is 1.41 bits per heavy atom. The van der Waals surface area contributed by atoms with Crippen molar-refractivity contribution in [3.05, 3.63) is 16.6 Å². The van der Waals surface area contributed by atoms with Crippen LogP contribution in [0.2, 0.25) is 0 Å². The highest BCUT2D eigenvalue weighted by Crippen LogP contribution is 2.24. The summed E-state index contributed by atoms with van der Waals surface area (Å²) in [6.07, 6.45) is 5.84. The minimum Gasteiger partial charge on any atom is -0.444 e. The molecule has 1 aromatic rings. The van der Waals surface area contributed by atoms with Crippen LogP contribution in [0.4, 0.5) is 4.79 Å². The van der Waals surface area contributed by atoms with Gasteiger partial charge in [-0.3, -0.25) is 0 Å². The molecule has 1 heterocycles. The molecule has 1 amide bonds. The molecular formula is C16H27N3O2S. The number of aromatic nitrogens is 1. The number of carbonyl (C=O) groups is 1. The van der Waals surface area contributed by atoms with E-state index in [9.17, 15) is 4.79 Å². The molecule has 1 aliphatic rings. The summed E-state index contributed by atoms with van der Waals surface area (Å²) in [6, 6.07) is 0.806. The first kappa shape index (κ1) is 17.2. The van der Waals surface area contributed by atoms with Gasteiger partial charge in [0.1, 0.15) is 10.6 Å². The quantitative estimate of drug-likeness (QED) is 0.922. The van der Waals surface area contributed by atoms with E-state index in [1.54, 1.807) is 16.2 Å². The number of amides is 1. The van der Waals surface area contributed by atoms with Gasteiger partial charge in [-0.1, -0.05) is 0 Å². The van der Waals surface area contributed by atoms with Crippen molar-refractivity contribution in [2.75, 3.05) is 7.05 Å². The van der Waals surface area contributed by atoms with Crippen LogP contribution in [0.25, 0.3) is 0 Å². The Morgan fingerprint density at radius 2 is 2.09 bits per heavy atom. The lowest BCUT2D eigenvalue weighted by Gasteiger charge is -2.35. The standard InChI is InChI=1S/C16H27N3O2S/c1-16(2,3)21-15(20)19(4)13-7-5-12(6-8-13)18-11-14-17-9-10-22-14/h9-10,12-13,18H,5-8,11H2,1-4H3. The lowest BCUT2D eigenvalue weighted by atomic mass is 9.90. The van der Waals surface area contributed by atoms with E-state index in [4.69, 9.17) is 4.74 Å². The van der Waals surface area contributed by atoms with Crippen molar-refractivity contribution in [1.29, 1.82) is 0 Å². The smallest absolute Gasteiger partial charge is 0.410 e. The maximum atomic E-state index is 12.1. The summed E-state index contributed by atoms with van der Waals surface area (Å²) >= 11 is 1.68. The summed E-state index contributed by atoms with van der Waals surface area (Å²) < 4.78 is 5.44. The first-order valence-electron chi connectivity index (χ1n) is 7.93. The van der Waals surface area contributed by atoms with E-state index >= 15 is 0 Å². The fraction of sp³-hybridized carbons (Fsp3) is 0.750. The number of thiazole rings is 1. The van der Waals surface area contributed by atoms with Crippen molar-refractivity contribution in [2.24, 2.45) is 0 Å². The Kier molecular flexibility index (Phi) is 5.81. The van der Waals surface area contributed by atoms with Crippen LogP contribution in [0.1, 0.15) is 51.5 Å². The number of hydrogen-bond acceptors (Lipinski definition) is 5. The predicted molar refractivity (Wildman–Crippen MR) is 89.0 cm³/mol. The first-order valence-corrected chi connectivity index (χ1v) is 8.80. The van der Waals surface area contributed by atoms with E-state index in [1.807, 2.05) is 39.4 Å². The molecule has 0 spiro atoms. The topological polar surface area (TPSA) is 54.5 Å². The molecule has 22 heavy (non-hydrogen) atoms. The number of hydrogen-bond donors (Lipinski definition) is 1. The van der Waals surface area contributed by atoms with Gasteiger partial charge in [-0.05, 0) is 46.5 Å². The van der Waals surface area contributed by atoms with Gasteiger partial charge in [0.25, 0.3) is 0 Å². The van der Waals surface area contributed by atoms with Crippen LogP contribution in [0, 0.1) is 0 Å². The average molecular weight is 325 g/mol. The maximum absolute atomic E-state index is 12.1. The third kappa shape index (κ3) is 5.25. The molecule has 124 valence electrons. The minimum absolute atomic E-state index is 0.216. The van der Waals surface area contributed by atoms with Crippen molar-refractivity contribution in [3.8, 4) is 0 Å². The monoisotopic (exact) mass is 325 g/mol. The van der Waals surface area contributed by atoms with Crippen LogP contribution < -0.4 is 5.32 Å². The molecule has 1 N–H and O–H groups in total. The zero-order valence-electron chi connectivity index (χ0n) is 14.0. The van der Waals surface area contributed by atoms with E-state index in [1.165, 1.54) is 0 Å². The largest absolute Gasteiger partial charge is 0.444 e. The molecule has 1 aliphatic carbocycles. The van der Waals surface area contributed by atoms with Gasteiger partial charge < -0.3 is 15.0 Å². The SMILES string of the molecule is CN(C(=O)OC(C)(C)C)C1CCC(NCc2nccs2)CC1. The van der Waals surface area contributed by atoms with E-state index < -0.39 is 5.60 Å². The van der Waals surface area contributed by atoms with Crippen LogP contribution in [-0.2, 0) is 11.3 Å². The molecule has 0 aliphatic heterocycles. The van der Waals surface area contributed by atoms with E-state index in [2.05, 4.69) is 10.3 Å². The Morgan fingerprint density at radius 3 is 2.64 bits per heavy atom. The Balaban J connectivity index is 1.73. The van der Waals surface area contributed by atoms with Gasteiger partial charge in [0, 0.05) is 37.3 Å². The van der Waals surface area contributed by atoms with Crippen LogP contribution in [0.3, 0.4) is 0 Å². The fourth-order valence-electron chi connectivity index (χ4n) is 2.72. The molecule has 0 saturated heterocycles. The van der Waals surface area contributed by atoms with Crippen LogP contribution in [0.15, 0.2) is 11.6 Å². The van der Waals surface area contributed by atoms with Crippen LogP contribution in [-0.4, -0.2) is 40.7 Å². The molecule has 1 fully saturated rings. The van der Waals surface area contributed by atoms with Gasteiger partial charge in [0.15, 0.2) is 0 Å².